The van der Waals surface area contributed by atoms with Crippen LogP contribution in [0.3, 0.4) is 0 Å². The summed E-state index contributed by atoms with van der Waals surface area (Å²) in [6.45, 7) is 0.608. The Hall–Kier alpha value is -2.81. The number of fused-ring (bicyclic) bond motifs is 1. The van der Waals surface area contributed by atoms with Gasteiger partial charge in [-0.3, -0.25) is 4.79 Å². The lowest BCUT2D eigenvalue weighted by Crippen LogP contribution is -2.25. The molecule has 0 unspecified atom stereocenters. The highest BCUT2D eigenvalue weighted by Gasteiger charge is 2.05. The molecule has 3 heteroatoms. The Morgan fingerprint density at radius 3 is 2.45 bits per heavy atom. The largest absolute Gasteiger partial charge is 0.399 e. The maximum Gasteiger partial charge on any atom is 0.251 e. The summed E-state index contributed by atoms with van der Waals surface area (Å²) < 4.78 is 0. The second-order valence-electron chi connectivity index (χ2n) is 5.27. The lowest BCUT2D eigenvalue weighted by molar-refractivity contribution is 0.0954. The Morgan fingerprint density at radius 2 is 1.64 bits per heavy atom. The maximum absolute atomic E-state index is 12.1. The Morgan fingerprint density at radius 1 is 0.909 bits per heavy atom. The van der Waals surface area contributed by atoms with Crippen molar-refractivity contribution in [1.29, 1.82) is 0 Å². The van der Waals surface area contributed by atoms with Gasteiger partial charge < -0.3 is 11.1 Å². The number of carbonyl (C=O) groups is 1. The highest BCUT2D eigenvalue weighted by Crippen LogP contribution is 2.18. The zero-order valence-corrected chi connectivity index (χ0v) is 12.3. The number of nitrogen functional groups attached to an aromatic ring is 1. The van der Waals surface area contributed by atoms with E-state index in [4.69, 9.17) is 5.73 Å². The molecule has 0 saturated carbocycles. The van der Waals surface area contributed by atoms with Crippen LogP contribution in [0.4, 0.5) is 5.69 Å². The van der Waals surface area contributed by atoms with Crippen LogP contribution in [0.1, 0.15) is 15.9 Å². The first-order valence-corrected chi connectivity index (χ1v) is 7.34. The summed E-state index contributed by atoms with van der Waals surface area (Å²) in [4.78, 5) is 12.1. The van der Waals surface area contributed by atoms with Gasteiger partial charge in [0, 0.05) is 17.8 Å². The van der Waals surface area contributed by atoms with Gasteiger partial charge in [0.15, 0.2) is 0 Å². The molecule has 0 radical (unpaired) electrons. The molecule has 0 bridgehead atoms. The second-order valence-corrected chi connectivity index (χ2v) is 5.27. The fraction of sp³-hybridized carbons (Fsp3) is 0.105. The monoisotopic (exact) mass is 290 g/mol. The highest BCUT2D eigenvalue weighted by atomic mass is 16.1. The maximum atomic E-state index is 12.1. The predicted molar refractivity (Wildman–Crippen MR) is 90.8 cm³/mol. The van der Waals surface area contributed by atoms with Gasteiger partial charge in [0.25, 0.3) is 5.91 Å². The average molecular weight is 290 g/mol. The van der Waals surface area contributed by atoms with E-state index in [2.05, 4.69) is 35.6 Å². The molecular weight excluding hydrogens is 272 g/mol. The molecule has 0 aliphatic heterocycles. The van der Waals surface area contributed by atoms with Gasteiger partial charge >= 0.3 is 0 Å². The molecule has 0 aliphatic carbocycles. The molecule has 110 valence electrons. The lowest BCUT2D eigenvalue weighted by Gasteiger charge is -2.08. The quantitative estimate of drug-likeness (QED) is 0.724. The smallest absolute Gasteiger partial charge is 0.251 e. The number of nitrogens with one attached hydrogen (secondary N) is 1. The molecule has 3 rings (SSSR count). The fourth-order valence-corrected chi connectivity index (χ4v) is 2.56. The van der Waals surface area contributed by atoms with Crippen LogP contribution in [0.5, 0.6) is 0 Å². The van der Waals surface area contributed by atoms with Crippen LogP contribution >= 0.6 is 0 Å². The van der Waals surface area contributed by atoms with Crippen molar-refractivity contribution >= 4 is 22.4 Å². The van der Waals surface area contributed by atoms with E-state index in [-0.39, 0.29) is 5.91 Å². The molecule has 3 aromatic carbocycles. The van der Waals surface area contributed by atoms with E-state index in [9.17, 15) is 4.79 Å². The number of nitrogens with two attached hydrogens (primary N) is 1. The molecule has 3 N–H and O–H groups in total. The van der Waals surface area contributed by atoms with Crippen LogP contribution in [-0.2, 0) is 6.42 Å². The third-order valence-electron chi connectivity index (χ3n) is 3.73. The van der Waals surface area contributed by atoms with Crippen molar-refractivity contribution in [2.75, 3.05) is 12.3 Å². The third kappa shape index (κ3) is 3.09. The molecule has 3 aromatic rings. The van der Waals surface area contributed by atoms with Gasteiger partial charge in [0.2, 0.25) is 0 Å². The molecule has 0 aromatic heterocycles. The fourth-order valence-electron chi connectivity index (χ4n) is 2.56. The zero-order valence-electron chi connectivity index (χ0n) is 12.3. The number of benzene rings is 3. The van der Waals surface area contributed by atoms with Crippen LogP contribution in [0.25, 0.3) is 10.8 Å². The van der Waals surface area contributed by atoms with Crippen LogP contribution in [-0.4, -0.2) is 12.5 Å². The number of hydrogen-bond donors (Lipinski definition) is 2. The molecule has 0 saturated heterocycles. The van der Waals surface area contributed by atoms with Crippen LogP contribution in [0.2, 0.25) is 0 Å². The number of anilines is 1. The Balaban J connectivity index is 1.65. The standard InChI is InChI=1S/C19H18N2O/c20-17-10-8-16(9-11-17)19(22)21-13-12-15-6-3-5-14-4-1-2-7-18(14)15/h1-11H,12-13,20H2,(H,21,22). The minimum absolute atomic E-state index is 0.0692. The van der Waals surface area contributed by atoms with E-state index in [1.54, 1.807) is 24.3 Å². The van der Waals surface area contributed by atoms with Crippen molar-refractivity contribution in [3.8, 4) is 0 Å². The molecule has 3 nitrogen and oxygen atoms in total. The molecular formula is C19H18N2O. The van der Waals surface area contributed by atoms with Crippen molar-refractivity contribution in [1.82, 2.24) is 5.32 Å². The van der Waals surface area contributed by atoms with E-state index in [1.165, 1.54) is 16.3 Å². The summed E-state index contributed by atoms with van der Waals surface area (Å²) in [6.07, 6.45) is 0.808. The van der Waals surface area contributed by atoms with Crippen LogP contribution < -0.4 is 11.1 Å². The van der Waals surface area contributed by atoms with Crippen molar-refractivity contribution in [3.63, 3.8) is 0 Å². The van der Waals surface area contributed by atoms with Crippen molar-refractivity contribution < 1.29 is 4.79 Å². The van der Waals surface area contributed by atoms with Gasteiger partial charge in [0.1, 0.15) is 0 Å². The Bertz CT molecular complexity index is 789. The summed E-state index contributed by atoms with van der Waals surface area (Å²) in [5, 5.41) is 5.42. The normalized spacial score (nSPS) is 10.5. The van der Waals surface area contributed by atoms with Gasteiger partial charge in [-0.1, -0.05) is 42.5 Å². The number of hydrogen-bond acceptors (Lipinski definition) is 2. The average Bonchev–Trinajstić information content (AvgIpc) is 2.55. The number of rotatable bonds is 4. The topological polar surface area (TPSA) is 55.1 Å². The lowest BCUT2D eigenvalue weighted by atomic mass is 10.0. The van der Waals surface area contributed by atoms with E-state index in [0.717, 1.165) is 6.42 Å². The molecule has 0 heterocycles. The molecule has 22 heavy (non-hydrogen) atoms. The molecule has 0 aliphatic rings. The summed E-state index contributed by atoms with van der Waals surface area (Å²) in [7, 11) is 0. The van der Waals surface area contributed by atoms with Crippen LogP contribution in [0.15, 0.2) is 66.7 Å². The SMILES string of the molecule is Nc1ccc(C(=O)NCCc2cccc3ccccc23)cc1. The molecule has 0 spiro atoms. The first-order chi connectivity index (χ1) is 10.7. The number of carbonyl (C=O) groups excluding carboxylic acids is 1. The molecule has 0 atom stereocenters. The minimum Gasteiger partial charge on any atom is -0.399 e. The van der Waals surface area contributed by atoms with Crippen molar-refractivity contribution in [2.24, 2.45) is 0 Å². The first-order valence-electron chi connectivity index (χ1n) is 7.34. The van der Waals surface area contributed by atoms with E-state index >= 15 is 0 Å². The van der Waals surface area contributed by atoms with Gasteiger partial charge in [-0.15, -0.1) is 0 Å². The van der Waals surface area contributed by atoms with Gasteiger partial charge in [-0.2, -0.15) is 0 Å². The third-order valence-corrected chi connectivity index (χ3v) is 3.73. The minimum atomic E-state index is -0.0692. The predicted octanol–water partition coefficient (Wildman–Crippen LogP) is 3.39. The van der Waals surface area contributed by atoms with Gasteiger partial charge in [-0.25, -0.2) is 0 Å². The summed E-state index contributed by atoms with van der Waals surface area (Å²) >= 11 is 0. The Labute approximate surface area is 129 Å². The molecule has 1 amide bonds. The summed E-state index contributed by atoms with van der Waals surface area (Å²) in [5.41, 5.74) is 8.16. The highest BCUT2D eigenvalue weighted by molar-refractivity contribution is 5.94. The molecule has 0 fully saturated rings. The van der Waals surface area contributed by atoms with Gasteiger partial charge in [0.05, 0.1) is 0 Å². The zero-order chi connectivity index (χ0) is 15.4. The van der Waals surface area contributed by atoms with E-state index < -0.39 is 0 Å². The second kappa shape index (κ2) is 6.31. The van der Waals surface area contributed by atoms with Gasteiger partial charge in [-0.05, 0) is 47.0 Å². The Kier molecular flexibility index (Phi) is 4.05. The summed E-state index contributed by atoms with van der Waals surface area (Å²) in [6, 6.07) is 21.5. The summed E-state index contributed by atoms with van der Waals surface area (Å²) in [5.74, 6) is -0.0692. The van der Waals surface area contributed by atoms with Crippen LogP contribution in [0, 0.1) is 0 Å². The first kappa shape index (κ1) is 14.1. The van der Waals surface area contributed by atoms with E-state index in [1.807, 2.05) is 12.1 Å². The number of amides is 1. The van der Waals surface area contributed by atoms with E-state index in [0.29, 0.717) is 17.8 Å². The van der Waals surface area contributed by atoms with Crippen molar-refractivity contribution in [3.05, 3.63) is 77.9 Å². The van der Waals surface area contributed by atoms with Crippen molar-refractivity contribution in [2.45, 2.75) is 6.42 Å².